The van der Waals surface area contributed by atoms with Crippen LogP contribution in [0.5, 0.6) is 0 Å². The van der Waals surface area contributed by atoms with Gasteiger partial charge in [-0.3, -0.25) is 10.2 Å². The molecule has 0 aromatic heterocycles. The maximum absolute atomic E-state index is 10.3. The van der Waals surface area contributed by atoms with Crippen LogP contribution in [0, 0.1) is 0 Å². The lowest BCUT2D eigenvalue weighted by atomic mass is 10.4. The smallest absolute Gasteiger partial charge is 0.328 e. The second kappa shape index (κ2) is 4.57. The monoisotopic (exact) mass is 147 g/mol. The Morgan fingerprint density at radius 3 is 2.50 bits per heavy atom. The molecule has 6 heteroatoms. The van der Waals surface area contributed by atoms with Crippen LogP contribution in [0.2, 0.25) is 0 Å². The third kappa shape index (κ3) is 4.85. The van der Waals surface area contributed by atoms with Crippen molar-refractivity contribution in [3.05, 3.63) is 0 Å². The molecule has 0 aromatic carbocycles. The van der Waals surface area contributed by atoms with Gasteiger partial charge in [0.1, 0.15) is 0 Å². The fourth-order valence-electron chi connectivity index (χ4n) is 0.334. The van der Waals surface area contributed by atoms with Crippen LogP contribution >= 0.6 is 0 Å². The molecule has 0 fully saturated rings. The maximum Gasteiger partial charge on any atom is 0.328 e. The molecule has 2 amide bonds. The van der Waals surface area contributed by atoms with E-state index in [2.05, 4.69) is 11.2 Å². The van der Waals surface area contributed by atoms with Crippen LogP contribution in [0.1, 0.15) is 6.42 Å². The van der Waals surface area contributed by atoms with Crippen molar-refractivity contribution in [2.75, 3.05) is 6.54 Å². The summed E-state index contributed by atoms with van der Waals surface area (Å²) in [5.74, 6) is 3.72. The zero-order valence-electron chi connectivity index (χ0n) is 5.26. The van der Waals surface area contributed by atoms with Crippen molar-refractivity contribution < 1.29 is 14.7 Å². The first-order valence-corrected chi connectivity index (χ1v) is 2.63. The average molecular weight is 147 g/mol. The fourth-order valence-corrected chi connectivity index (χ4v) is 0.334. The van der Waals surface area contributed by atoms with Crippen molar-refractivity contribution in [2.45, 2.75) is 6.42 Å². The van der Waals surface area contributed by atoms with Gasteiger partial charge in [-0.25, -0.2) is 10.6 Å². The number of nitrogens with two attached hydrogens (primary N) is 1. The van der Waals surface area contributed by atoms with Crippen LogP contribution < -0.4 is 16.6 Å². The van der Waals surface area contributed by atoms with E-state index in [1.54, 1.807) is 5.43 Å². The fraction of sp³-hybridized carbons (Fsp3) is 0.500. The predicted octanol–water partition coefficient (Wildman–Crippen LogP) is -1.37. The molecule has 0 spiro atoms. The number of nitrogens with one attached hydrogen (secondary N) is 2. The normalized spacial score (nSPS) is 8.50. The number of hydrazine groups is 1. The molecule has 0 aromatic rings. The number of hydrogen-bond donors (Lipinski definition) is 4. The molecule has 0 saturated carbocycles. The van der Waals surface area contributed by atoms with Crippen LogP contribution in [-0.2, 0) is 4.79 Å². The highest BCUT2D eigenvalue weighted by Crippen LogP contribution is 1.73. The lowest BCUT2D eigenvalue weighted by Crippen LogP contribution is -2.40. The number of rotatable bonds is 3. The van der Waals surface area contributed by atoms with Crippen LogP contribution in [-0.4, -0.2) is 23.7 Å². The quantitative estimate of drug-likeness (QED) is 0.224. The molecule has 6 nitrogen and oxygen atoms in total. The Bertz CT molecular complexity index is 136. The number of carboxylic acid groups (broad SMARTS) is 1. The van der Waals surface area contributed by atoms with Gasteiger partial charge in [-0.15, -0.1) is 0 Å². The van der Waals surface area contributed by atoms with Crippen molar-refractivity contribution >= 4 is 12.0 Å². The summed E-state index contributed by atoms with van der Waals surface area (Å²) in [4.78, 5) is 20.1. The van der Waals surface area contributed by atoms with Gasteiger partial charge in [0.25, 0.3) is 0 Å². The molecule has 0 aliphatic heterocycles. The van der Waals surface area contributed by atoms with Crippen molar-refractivity contribution in [1.29, 1.82) is 0 Å². The van der Waals surface area contributed by atoms with Gasteiger partial charge in [-0.1, -0.05) is 0 Å². The zero-order valence-corrected chi connectivity index (χ0v) is 5.26. The predicted molar refractivity (Wildman–Crippen MR) is 33.0 cm³/mol. The molecule has 0 aliphatic carbocycles. The Balaban J connectivity index is 3.20. The molecule has 0 atom stereocenters. The molecule has 0 saturated heterocycles. The van der Waals surface area contributed by atoms with E-state index in [1.165, 1.54) is 0 Å². The molecule has 0 heterocycles. The minimum Gasteiger partial charge on any atom is -0.481 e. The van der Waals surface area contributed by atoms with E-state index >= 15 is 0 Å². The second-order valence-corrected chi connectivity index (χ2v) is 1.54. The molecule has 0 unspecified atom stereocenters. The minimum absolute atomic E-state index is 0.0817. The highest BCUT2D eigenvalue weighted by molar-refractivity contribution is 5.74. The van der Waals surface area contributed by atoms with E-state index in [1.807, 2.05) is 0 Å². The van der Waals surface area contributed by atoms with E-state index in [0.29, 0.717) is 0 Å². The number of carboxylic acids is 1. The Labute approximate surface area is 57.4 Å². The van der Waals surface area contributed by atoms with Crippen molar-refractivity contribution in [1.82, 2.24) is 10.7 Å². The number of carbonyl (C=O) groups is 2. The Hall–Kier alpha value is -1.30. The largest absolute Gasteiger partial charge is 0.481 e. The number of amides is 2. The first kappa shape index (κ1) is 8.70. The van der Waals surface area contributed by atoms with Gasteiger partial charge in [-0.05, 0) is 0 Å². The molecule has 58 valence electrons. The third-order valence-corrected chi connectivity index (χ3v) is 0.756. The summed E-state index contributed by atoms with van der Waals surface area (Å²) in [6.07, 6.45) is -0.104. The Morgan fingerprint density at radius 2 is 2.10 bits per heavy atom. The summed E-state index contributed by atoms with van der Waals surface area (Å²) >= 11 is 0. The topological polar surface area (TPSA) is 104 Å². The van der Waals surface area contributed by atoms with Gasteiger partial charge in [-0.2, -0.15) is 0 Å². The molecule has 0 aliphatic rings. The summed E-state index contributed by atoms with van der Waals surface area (Å²) in [5, 5.41) is 10.3. The zero-order chi connectivity index (χ0) is 7.98. The second-order valence-electron chi connectivity index (χ2n) is 1.54. The van der Waals surface area contributed by atoms with Gasteiger partial charge in [0, 0.05) is 6.54 Å². The molecular formula is C4H9N3O3. The summed E-state index contributed by atoms with van der Waals surface area (Å²) in [6.45, 7) is 0.0817. The molecule has 5 N–H and O–H groups in total. The Kier molecular flexibility index (Phi) is 3.97. The summed E-state index contributed by atoms with van der Waals surface area (Å²) in [5.41, 5.74) is 1.80. The lowest BCUT2D eigenvalue weighted by molar-refractivity contribution is -0.136. The standard InChI is InChI=1S/C4H9N3O3/c5-7-4(10)6-2-1-3(8)9/h1-2,5H2,(H,8,9)(H2,6,7,10). The van der Waals surface area contributed by atoms with E-state index in [0.717, 1.165) is 0 Å². The van der Waals surface area contributed by atoms with Crippen LogP contribution in [0.3, 0.4) is 0 Å². The number of urea groups is 1. The summed E-state index contributed by atoms with van der Waals surface area (Å²) in [7, 11) is 0. The van der Waals surface area contributed by atoms with Crippen molar-refractivity contribution in [3.8, 4) is 0 Å². The van der Waals surface area contributed by atoms with Gasteiger partial charge >= 0.3 is 12.0 Å². The third-order valence-electron chi connectivity index (χ3n) is 0.756. The van der Waals surface area contributed by atoms with Crippen molar-refractivity contribution in [2.24, 2.45) is 5.84 Å². The molecular weight excluding hydrogens is 138 g/mol. The lowest BCUT2D eigenvalue weighted by Gasteiger charge is -1.99. The highest BCUT2D eigenvalue weighted by Gasteiger charge is 1.98. The van der Waals surface area contributed by atoms with E-state index in [-0.39, 0.29) is 13.0 Å². The van der Waals surface area contributed by atoms with E-state index in [4.69, 9.17) is 5.11 Å². The number of aliphatic carboxylic acids is 1. The van der Waals surface area contributed by atoms with Gasteiger partial charge < -0.3 is 10.4 Å². The molecule has 0 bridgehead atoms. The van der Waals surface area contributed by atoms with Crippen LogP contribution in [0.25, 0.3) is 0 Å². The average Bonchev–Trinajstić information content (AvgIpc) is 1.87. The van der Waals surface area contributed by atoms with Crippen LogP contribution in [0.15, 0.2) is 0 Å². The number of hydrogen-bond acceptors (Lipinski definition) is 3. The maximum atomic E-state index is 10.3. The van der Waals surface area contributed by atoms with Gasteiger partial charge in [0.15, 0.2) is 0 Å². The van der Waals surface area contributed by atoms with E-state index < -0.39 is 12.0 Å². The molecule has 0 rings (SSSR count). The minimum atomic E-state index is -0.961. The highest BCUT2D eigenvalue weighted by atomic mass is 16.4. The van der Waals surface area contributed by atoms with Gasteiger partial charge in [0.2, 0.25) is 0 Å². The van der Waals surface area contributed by atoms with E-state index in [9.17, 15) is 9.59 Å². The summed E-state index contributed by atoms with van der Waals surface area (Å²) in [6, 6.07) is -0.582. The Morgan fingerprint density at radius 1 is 1.50 bits per heavy atom. The first-order chi connectivity index (χ1) is 4.66. The molecule has 0 radical (unpaired) electrons. The SMILES string of the molecule is NNC(=O)NCCC(=O)O. The van der Waals surface area contributed by atoms with Crippen LogP contribution in [0.4, 0.5) is 4.79 Å². The van der Waals surface area contributed by atoms with Crippen molar-refractivity contribution in [3.63, 3.8) is 0 Å². The number of carbonyl (C=O) groups excluding carboxylic acids is 1. The summed E-state index contributed by atoms with van der Waals surface area (Å²) < 4.78 is 0. The van der Waals surface area contributed by atoms with Gasteiger partial charge in [0.05, 0.1) is 6.42 Å². The first-order valence-electron chi connectivity index (χ1n) is 2.63. The molecule has 10 heavy (non-hydrogen) atoms.